The number of carbonyl (C=O) groups excluding carboxylic acids is 1. The van der Waals surface area contributed by atoms with E-state index in [1.54, 1.807) is 13.8 Å². The molecule has 0 radical (unpaired) electrons. The van der Waals surface area contributed by atoms with Crippen molar-refractivity contribution in [1.82, 2.24) is 10.2 Å². The van der Waals surface area contributed by atoms with Gasteiger partial charge in [0.2, 0.25) is 0 Å². The number of alkyl halides is 3. The van der Waals surface area contributed by atoms with Gasteiger partial charge in [-0.05, 0) is 24.7 Å². The summed E-state index contributed by atoms with van der Waals surface area (Å²) in [5.74, 6) is -1.38. The van der Waals surface area contributed by atoms with E-state index in [2.05, 4.69) is 5.32 Å². The normalized spacial score (nSPS) is 28.8. The number of aliphatic carboxylic acids is 1. The number of urea groups is 1. The van der Waals surface area contributed by atoms with Crippen LogP contribution in [0.3, 0.4) is 0 Å². The third-order valence-corrected chi connectivity index (χ3v) is 5.15. The van der Waals surface area contributed by atoms with Gasteiger partial charge in [0.25, 0.3) is 0 Å². The Bertz CT molecular complexity index is 481. The van der Waals surface area contributed by atoms with Gasteiger partial charge in [0.15, 0.2) is 0 Å². The average Bonchev–Trinajstić information content (AvgIpc) is 2.93. The summed E-state index contributed by atoms with van der Waals surface area (Å²) in [5.41, 5.74) is -0.922. The minimum Gasteiger partial charge on any atom is -0.481 e. The van der Waals surface area contributed by atoms with Crippen LogP contribution >= 0.6 is 0 Å². The van der Waals surface area contributed by atoms with Crippen LogP contribution in [0.15, 0.2) is 0 Å². The fraction of sp³-hybridized carbons (Fsp3) is 0.867. The van der Waals surface area contributed by atoms with E-state index in [1.165, 1.54) is 4.90 Å². The van der Waals surface area contributed by atoms with Crippen molar-refractivity contribution >= 4 is 12.0 Å². The molecular weight excluding hydrogens is 313 g/mol. The van der Waals surface area contributed by atoms with Crippen LogP contribution in [0.2, 0.25) is 0 Å². The van der Waals surface area contributed by atoms with Gasteiger partial charge in [-0.25, -0.2) is 4.79 Å². The van der Waals surface area contributed by atoms with E-state index >= 15 is 0 Å². The lowest BCUT2D eigenvalue weighted by molar-refractivity contribution is -0.149. The maximum atomic E-state index is 12.6. The van der Waals surface area contributed by atoms with Crippen LogP contribution < -0.4 is 5.32 Å². The maximum absolute atomic E-state index is 12.6. The molecule has 0 aromatic heterocycles. The van der Waals surface area contributed by atoms with Gasteiger partial charge in [-0.15, -0.1) is 0 Å². The number of carbonyl (C=O) groups is 2. The van der Waals surface area contributed by atoms with Crippen LogP contribution in [0.1, 0.15) is 39.5 Å². The third kappa shape index (κ3) is 3.72. The van der Waals surface area contributed by atoms with Crippen LogP contribution in [-0.2, 0) is 4.79 Å². The predicted octanol–water partition coefficient (Wildman–Crippen LogP) is 2.86. The number of halogens is 3. The van der Waals surface area contributed by atoms with E-state index in [9.17, 15) is 27.9 Å². The van der Waals surface area contributed by atoms with Gasteiger partial charge in [-0.1, -0.05) is 20.3 Å². The summed E-state index contributed by atoms with van der Waals surface area (Å²) in [4.78, 5) is 25.2. The van der Waals surface area contributed by atoms with Crippen LogP contribution in [0.25, 0.3) is 0 Å². The van der Waals surface area contributed by atoms with Crippen molar-refractivity contribution in [2.24, 2.45) is 17.3 Å². The molecule has 2 aliphatic rings. The van der Waals surface area contributed by atoms with Gasteiger partial charge in [-0.3, -0.25) is 4.79 Å². The highest BCUT2D eigenvalue weighted by Crippen LogP contribution is 2.48. The molecule has 2 rings (SSSR count). The Morgan fingerprint density at radius 1 is 1.39 bits per heavy atom. The molecule has 1 aliphatic heterocycles. The summed E-state index contributed by atoms with van der Waals surface area (Å²) in [6.07, 6.45) is -3.36. The highest BCUT2D eigenvalue weighted by atomic mass is 19.4. The smallest absolute Gasteiger partial charge is 0.391 e. The van der Waals surface area contributed by atoms with Crippen LogP contribution in [-0.4, -0.2) is 47.3 Å². The monoisotopic (exact) mass is 336 g/mol. The van der Waals surface area contributed by atoms with Gasteiger partial charge in [-0.2, -0.15) is 13.2 Å². The van der Waals surface area contributed by atoms with Crippen molar-refractivity contribution in [1.29, 1.82) is 0 Å². The fourth-order valence-electron chi connectivity index (χ4n) is 3.75. The second kappa shape index (κ2) is 6.20. The number of nitrogens with zero attached hydrogens (tertiary/aromatic N) is 1. The number of fused-ring (bicyclic) bond motifs is 1. The molecule has 8 heteroatoms. The molecule has 132 valence electrons. The Morgan fingerprint density at radius 3 is 2.52 bits per heavy atom. The molecule has 1 unspecified atom stereocenters. The van der Waals surface area contributed by atoms with E-state index in [-0.39, 0.29) is 18.4 Å². The van der Waals surface area contributed by atoms with Crippen molar-refractivity contribution in [3.63, 3.8) is 0 Å². The lowest BCUT2D eigenvalue weighted by Crippen LogP contribution is -2.48. The quantitative estimate of drug-likeness (QED) is 0.829. The number of carboxylic acid groups (broad SMARTS) is 1. The van der Waals surface area contributed by atoms with Gasteiger partial charge >= 0.3 is 18.2 Å². The molecule has 1 heterocycles. The molecule has 0 aromatic carbocycles. The molecule has 23 heavy (non-hydrogen) atoms. The zero-order chi connectivity index (χ0) is 17.4. The molecule has 2 N–H and O–H groups in total. The Kier molecular flexibility index (Phi) is 4.82. The summed E-state index contributed by atoms with van der Waals surface area (Å²) in [5, 5.41) is 11.9. The topological polar surface area (TPSA) is 69.6 Å². The minimum absolute atomic E-state index is 0.0790. The first-order chi connectivity index (χ1) is 10.5. The highest BCUT2D eigenvalue weighted by molar-refractivity contribution is 5.80. The van der Waals surface area contributed by atoms with E-state index in [4.69, 9.17) is 0 Å². The predicted molar refractivity (Wildman–Crippen MR) is 76.8 cm³/mol. The summed E-state index contributed by atoms with van der Waals surface area (Å²) in [7, 11) is 0. The highest BCUT2D eigenvalue weighted by Gasteiger charge is 2.56. The van der Waals surface area contributed by atoms with E-state index < -0.39 is 36.1 Å². The van der Waals surface area contributed by atoms with E-state index in [1.807, 2.05) is 0 Å². The number of hydrogen-bond donors (Lipinski definition) is 2. The summed E-state index contributed by atoms with van der Waals surface area (Å²) in [6, 6.07) is -1.60. The van der Waals surface area contributed by atoms with Gasteiger partial charge in [0.1, 0.15) is 0 Å². The number of likely N-dealkylation sites (tertiary alicyclic amines) is 1. The molecule has 1 saturated carbocycles. The standard InChI is InChI=1S/C15H23F3N2O3/c1-9(2)11(6-15(16,17)18)19-13(23)20-7-10-4-3-5-14(10,8-20)12(21)22/h9-11H,3-8H2,1-2H3,(H,19,23)(H,21,22)/t10-,11?,14+/m0/s1. The van der Waals surface area contributed by atoms with Crippen LogP contribution in [0.5, 0.6) is 0 Å². The molecular formula is C15H23F3N2O3. The number of nitrogens with one attached hydrogen (secondary N) is 1. The first-order valence-electron chi connectivity index (χ1n) is 7.91. The van der Waals surface area contributed by atoms with E-state index in [0.717, 1.165) is 12.8 Å². The molecule has 1 aliphatic carbocycles. The molecule has 2 amide bonds. The van der Waals surface area contributed by atoms with E-state index in [0.29, 0.717) is 13.0 Å². The number of amides is 2. The van der Waals surface area contributed by atoms with Crippen molar-refractivity contribution < 1.29 is 27.9 Å². The first kappa shape index (κ1) is 17.9. The van der Waals surface area contributed by atoms with Crippen LogP contribution in [0.4, 0.5) is 18.0 Å². The molecule has 0 aromatic rings. The van der Waals surface area contributed by atoms with Crippen molar-refractivity contribution in [3.05, 3.63) is 0 Å². The van der Waals surface area contributed by atoms with Crippen molar-refractivity contribution in [3.8, 4) is 0 Å². The lowest BCUT2D eigenvalue weighted by Gasteiger charge is -2.28. The lowest BCUT2D eigenvalue weighted by atomic mass is 9.81. The largest absolute Gasteiger partial charge is 0.481 e. The SMILES string of the molecule is CC(C)C(CC(F)(F)F)NC(=O)N1C[C@@H]2CCC[C@@]2(C(=O)O)C1. The number of carboxylic acids is 1. The zero-order valence-corrected chi connectivity index (χ0v) is 13.3. The Balaban J connectivity index is 2.02. The van der Waals surface area contributed by atoms with Gasteiger partial charge in [0, 0.05) is 19.1 Å². The summed E-state index contributed by atoms with van der Waals surface area (Å²) >= 11 is 0. The Hall–Kier alpha value is -1.47. The molecule has 1 saturated heterocycles. The maximum Gasteiger partial charge on any atom is 0.391 e. The molecule has 0 bridgehead atoms. The minimum atomic E-state index is -4.36. The number of rotatable bonds is 4. The average molecular weight is 336 g/mol. The third-order valence-electron chi connectivity index (χ3n) is 5.15. The van der Waals surface area contributed by atoms with Crippen molar-refractivity contribution in [2.45, 2.75) is 51.7 Å². The zero-order valence-electron chi connectivity index (χ0n) is 13.3. The summed E-state index contributed by atoms with van der Waals surface area (Å²) < 4.78 is 37.8. The number of hydrogen-bond acceptors (Lipinski definition) is 2. The second-order valence-electron chi connectivity index (χ2n) is 7.05. The first-order valence-corrected chi connectivity index (χ1v) is 7.91. The Labute approximate surface area is 133 Å². The van der Waals surface area contributed by atoms with Gasteiger partial charge in [0.05, 0.1) is 11.8 Å². The molecule has 2 fully saturated rings. The van der Waals surface area contributed by atoms with Gasteiger partial charge < -0.3 is 15.3 Å². The fourth-order valence-corrected chi connectivity index (χ4v) is 3.75. The molecule has 3 atom stereocenters. The summed E-state index contributed by atoms with van der Waals surface area (Å²) in [6.45, 7) is 3.62. The Morgan fingerprint density at radius 2 is 2.04 bits per heavy atom. The second-order valence-corrected chi connectivity index (χ2v) is 7.05. The van der Waals surface area contributed by atoms with Crippen LogP contribution in [0, 0.1) is 17.3 Å². The molecule has 5 nitrogen and oxygen atoms in total. The molecule has 0 spiro atoms. The van der Waals surface area contributed by atoms with Crippen molar-refractivity contribution in [2.75, 3.05) is 13.1 Å².